The summed E-state index contributed by atoms with van der Waals surface area (Å²) < 4.78 is 0. The minimum absolute atomic E-state index is 0.00306. The van der Waals surface area contributed by atoms with Crippen LogP contribution in [0.1, 0.15) is 11.1 Å². The zero-order chi connectivity index (χ0) is 19.6. The second kappa shape index (κ2) is 7.73. The lowest BCUT2D eigenvalue weighted by molar-refractivity contribution is -0.122. The maximum absolute atomic E-state index is 12.9. The topological polar surface area (TPSA) is 69.6 Å². The molecule has 0 saturated carbocycles. The summed E-state index contributed by atoms with van der Waals surface area (Å²) in [4.78, 5) is 26.5. The van der Waals surface area contributed by atoms with Gasteiger partial charge in [-0.3, -0.25) is 19.8 Å². The van der Waals surface area contributed by atoms with E-state index in [2.05, 4.69) is 11.9 Å². The lowest BCUT2D eigenvalue weighted by Crippen LogP contribution is -2.54. The molecule has 7 heteroatoms. The molecule has 0 aliphatic carbocycles. The highest BCUT2D eigenvalue weighted by atomic mass is 35.5. The number of para-hydroxylation sites is 1. The third kappa shape index (κ3) is 3.77. The van der Waals surface area contributed by atoms with Gasteiger partial charge >= 0.3 is 0 Å². The van der Waals surface area contributed by atoms with E-state index in [9.17, 15) is 14.7 Å². The lowest BCUT2D eigenvalue weighted by atomic mass is 10.0. The number of carbonyl (C=O) groups excluding carboxylic acids is 2. The van der Waals surface area contributed by atoms with E-state index in [0.717, 1.165) is 0 Å². The van der Waals surface area contributed by atoms with Gasteiger partial charge in [0.2, 0.25) is 0 Å². The fraction of sp³-hybridized carbons (Fsp3) is 0.0500. The first-order chi connectivity index (χ1) is 12.9. The van der Waals surface area contributed by atoms with E-state index in [0.29, 0.717) is 28.3 Å². The third-order valence-electron chi connectivity index (χ3n) is 4.00. The summed E-state index contributed by atoms with van der Waals surface area (Å²) in [5, 5.41) is 13.4. The van der Waals surface area contributed by atoms with Gasteiger partial charge in [-0.15, -0.1) is 6.58 Å². The van der Waals surface area contributed by atoms with Crippen molar-refractivity contribution in [1.29, 1.82) is 0 Å². The number of rotatable bonds is 4. The second-order valence-electron chi connectivity index (χ2n) is 5.78. The molecule has 2 aromatic rings. The number of benzene rings is 2. The third-order valence-corrected chi connectivity index (χ3v) is 4.54. The number of anilines is 1. The molecule has 2 N–H and O–H groups in total. The van der Waals surface area contributed by atoms with Crippen LogP contribution in [0, 0.1) is 0 Å². The highest BCUT2D eigenvalue weighted by molar-refractivity contribution is 7.80. The van der Waals surface area contributed by atoms with Crippen LogP contribution < -0.4 is 10.2 Å². The van der Waals surface area contributed by atoms with Crippen molar-refractivity contribution >= 4 is 52.5 Å². The maximum Gasteiger partial charge on any atom is 0.270 e. The summed E-state index contributed by atoms with van der Waals surface area (Å²) >= 11 is 11.0. The molecule has 0 bridgehead atoms. The van der Waals surface area contributed by atoms with E-state index >= 15 is 0 Å². The molecule has 1 saturated heterocycles. The number of nitrogens with zero attached hydrogens (tertiary/aromatic N) is 1. The lowest BCUT2D eigenvalue weighted by Gasteiger charge is -2.29. The number of hydrogen-bond donors (Lipinski definition) is 2. The van der Waals surface area contributed by atoms with E-state index in [1.165, 1.54) is 11.0 Å². The quantitative estimate of drug-likeness (QED) is 0.357. The SMILES string of the molecule is C=CCc1cccc(/C=C2/C(=O)NC(=S)N(c3ccc(Cl)cc3)C2=O)c1O. The predicted octanol–water partition coefficient (Wildman–Crippen LogP) is 3.61. The smallest absolute Gasteiger partial charge is 0.270 e. The summed E-state index contributed by atoms with van der Waals surface area (Å²) in [6.07, 6.45) is 3.47. The number of carbonyl (C=O) groups is 2. The number of nitrogens with one attached hydrogen (secondary N) is 1. The maximum atomic E-state index is 12.9. The normalized spacial score (nSPS) is 15.8. The largest absolute Gasteiger partial charge is 0.507 e. The van der Waals surface area contributed by atoms with E-state index in [1.807, 2.05) is 0 Å². The molecule has 0 aromatic heterocycles. The Hall–Kier alpha value is -2.96. The number of phenolic OH excluding ortho intramolecular Hbond substituents is 1. The second-order valence-corrected chi connectivity index (χ2v) is 6.61. The highest BCUT2D eigenvalue weighted by Crippen LogP contribution is 2.28. The minimum atomic E-state index is -0.622. The number of aromatic hydroxyl groups is 1. The molecular weight excluding hydrogens is 384 g/mol. The van der Waals surface area contributed by atoms with Gasteiger partial charge in [0.15, 0.2) is 5.11 Å². The summed E-state index contributed by atoms with van der Waals surface area (Å²) in [5.41, 5.74) is 1.35. The van der Waals surface area contributed by atoms with Crippen molar-refractivity contribution in [2.45, 2.75) is 6.42 Å². The first-order valence-electron chi connectivity index (χ1n) is 8.01. The molecular formula is C20H15ClN2O3S. The van der Waals surface area contributed by atoms with Crippen LogP contribution in [0.4, 0.5) is 5.69 Å². The zero-order valence-corrected chi connectivity index (χ0v) is 15.7. The Morgan fingerprint density at radius 2 is 1.89 bits per heavy atom. The number of allylic oxidation sites excluding steroid dienone is 1. The van der Waals surface area contributed by atoms with Crippen LogP contribution in [0.15, 0.2) is 60.7 Å². The number of hydrogen-bond acceptors (Lipinski definition) is 4. The molecule has 3 rings (SSSR count). The van der Waals surface area contributed by atoms with Crippen molar-refractivity contribution in [1.82, 2.24) is 5.32 Å². The van der Waals surface area contributed by atoms with Gasteiger partial charge in [0.25, 0.3) is 11.8 Å². The van der Waals surface area contributed by atoms with Crippen LogP contribution >= 0.6 is 23.8 Å². The highest BCUT2D eigenvalue weighted by Gasteiger charge is 2.34. The van der Waals surface area contributed by atoms with Crippen molar-refractivity contribution in [2.24, 2.45) is 0 Å². The zero-order valence-electron chi connectivity index (χ0n) is 14.1. The van der Waals surface area contributed by atoms with Gasteiger partial charge in [0, 0.05) is 10.6 Å². The molecule has 5 nitrogen and oxygen atoms in total. The molecule has 1 aliphatic rings. The molecule has 0 unspecified atom stereocenters. The Bertz CT molecular complexity index is 983. The average molecular weight is 399 g/mol. The summed E-state index contributed by atoms with van der Waals surface area (Å²) in [5.74, 6) is -1.21. The Morgan fingerprint density at radius 1 is 1.19 bits per heavy atom. The number of amides is 2. The van der Waals surface area contributed by atoms with Crippen LogP contribution in [0.5, 0.6) is 5.75 Å². The first kappa shape index (κ1) is 18.8. The van der Waals surface area contributed by atoms with Crippen molar-refractivity contribution in [3.63, 3.8) is 0 Å². The standard InChI is InChI=1S/C20H15ClN2O3S/c1-2-4-12-5-3-6-13(17(12)24)11-16-18(25)22-20(27)23(19(16)26)15-9-7-14(21)8-10-15/h2-3,5-11,24H,1,4H2,(H,22,25,27)/b16-11-. The minimum Gasteiger partial charge on any atom is -0.507 e. The van der Waals surface area contributed by atoms with Gasteiger partial charge in [-0.25, -0.2) is 0 Å². The fourth-order valence-electron chi connectivity index (χ4n) is 2.69. The van der Waals surface area contributed by atoms with Crippen molar-refractivity contribution < 1.29 is 14.7 Å². The average Bonchev–Trinajstić information content (AvgIpc) is 2.63. The first-order valence-corrected chi connectivity index (χ1v) is 8.79. The molecule has 1 aliphatic heterocycles. The van der Waals surface area contributed by atoms with Crippen molar-refractivity contribution in [3.05, 3.63) is 76.8 Å². The van der Waals surface area contributed by atoms with Gasteiger partial charge in [0.1, 0.15) is 11.3 Å². The van der Waals surface area contributed by atoms with E-state index in [4.69, 9.17) is 23.8 Å². The number of phenols is 1. The summed E-state index contributed by atoms with van der Waals surface area (Å²) in [6, 6.07) is 11.6. The molecule has 0 atom stereocenters. The van der Waals surface area contributed by atoms with Gasteiger partial charge in [-0.1, -0.05) is 35.9 Å². The van der Waals surface area contributed by atoms with Gasteiger partial charge in [0.05, 0.1) is 5.69 Å². The number of halogens is 1. The molecule has 27 heavy (non-hydrogen) atoms. The van der Waals surface area contributed by atoms with Crippen LogP contribution in [0.25, 0.3) is 6.08 Å². The molecule has 0 spiro atoms. The Labute approximate surface area is 166 Å². The van der Waals surface area contributed by atoms with Crippen LogP contribution in [-0.2, 0) is 16.0 Å². The monoisotopic (exact) mass is 398 g/mol. The Balaban J connectivity index is 2.03. The number of thiocarbonyl (C=S) groups is 1. The Kier molecular flexibility index (Phi) is 5.39. The van der Waals surface area contributed by atoms with E-state index < -0.39 is 11.8 Å². The van der Waals surface area contributed by atoms with Crippen LogP contribution in [0.2, 0.25) is 5.02 Å². The van der Waals surface area contributed by atoms with Crippen LogP contribution in [0.3, 0.4) is 0 Å². The molecule has 2 amide bonds. The van der Waals surface area contributed by atoms with E-state index in [-0.39, 0.29) is 16.4 Å². The van der Waals surface area contributed by atoms with Crippen molar-refractivity contribution in [2.75, 3.05) is 4.90 Å². The summed E-state index contributed by atoms with van der Waals surface area (Å²) in [6.45, 7) is 3.65. The predicted molar refractivity (Wildman–Crippen MR) is 110 cm³/mol. The Morgan fingerprint density at radius 3 is 2.56 bits per heavy atom. The molecule has 1 fully saturated rings. The molecule has 0 radical (unpaired) electrons. The summed E-state index contributed by atoms with van der Waals surface area (Å²) in [7, 11) is 0. The van der Waals surface area contributed by atoms with Crippen molar-refractivity contribution in [3.8, 4) is 5.75 Å². The molecule has 136 valence electrons. The van der Waals surface area contributed by atoms with Gasteiger partial charge in [-0.05, 0) is 54.5 Å². The van der Waals surface area contributed by atoms with E-state index in [1.54, 1.807) is 48.5 Å². The van der Waals surface area contributed by atoms with Gasteiger partial charge < -0.3 is 5.11 Å². The molecule has 1 heterocycles. The fourth-order valence-corrected chi connectivity index (χ4v) is 3.09. The van der Waals surface area contributed by atoms with Crippen LogP contribution in [-0.4, -0.2) is 22.0 Å². The van der Waals surface area contributed by atoms with Gasteiger partial charge in [-0.2, -0.15) is 0 Å². The molecule has 2 aromatic carbocycles.